The molecule has 5 heteroatoms. The molecule has 4 nitrogen and oxygen atoms in total. The molecule has 0 radical (unpaired) electrons. The fourth-order valence-corrected chi connectivity index (χ4v) is 2.47. The fraction of sp³-hybridized carbons (Fsp3) is 0.0625. The molecule has 106 valence electrons. The number of H-pyrrole nitrogens is 1. The van der Waals surface area contributed by atoms with E-state index in [0.717, 1.165) is 33.0 Å². The molecule has 21 heavy (non-hydrogen) atoms. The van der Waals surface area contributed by atoms with E-state index in [1.54, 1.807) is 7.11 Å². The molecule has 0 bridgehead atoms. The average molecular weight is 344 g/mol. The van der Waals surface area contributed by atoms with Crippen molar-refractivity contribution < 1.29 is 4.74 Å². The monoisotopic (exact) mass is 343 g/mol. The van der Waals surface area contributed by atoms with E-state index >= 15 is 0 Å². The van der Waals surface area contributed by atoms with Crippen molar-refractivity contribution in [2.24, 2.45) is 0 Å². The van der Waals surface area contributed by atoms with Gasteiger partial charge in [0.1, 0.15) is 5.75 Å². The van der Waals surface area contributed by atoms with Crippen molar-refractivity contribution in [3.63, 3.8) is 0 Å². The van der Waals surface area contributed by atoms with E-state index in [1.165, 1.54) is 0 Å². The van der Waals surface area contributed by atoms with Crippen LogP contribution in [0.25, 0.3) is 11.3 Å². The van der Waals surface area contributed by atoms with Gasteiger partial charge in [-0.1, -0.05) is 30.3 Å². The molecular weight excluding hydrogens is 330 g/mol. The molecule has 3 rings (SSSR count). The Morgan fingerprint density at radius 1 is 1.10 bits per heavy atom. The quantitative estimate of drug-likeness (QED) is 0.728. The molecule has 0 saturated heterocycles. The highest BCUT2D eigenvalue weighted by Crippen LogP contribution is 2.30. The molecule has 0 atom stereocenters. The van der Waals surface area contributed by atoms with Crippen molar-refractivity contribution >= 4 is 27.4 Å². The third-order valence-electron chi connectivity index (χ3n) is 3.10. The number of anilines is 2. The summed E-state index contributed by atoms with van der Waals surface area (Å²) in [5.41, 5.74) is 3.01. The molecule has 1 aromatic heterocycles. The minimum atomic E-state index is 0.764. The molecule has 0 spiro atoms. The molecule has 0 unspecified atom stereocenters. The van der Waals surface area contributed by atoms with Crippen LogP contribution in [-0.4, -0.2) is 17.3 Å². The molecule has 3 aromatic rings. The average Bonchev–Trinajstić information content (AvgIpc) is 2.99. The first-order valence-electron chi connectivity index (χ1n) is 6.47. The Bertz CT molecular complexity index is 740. The van der Waals surface area contributed by atoms with Gasteiger partial charge < -0.3 is 10.1 Å². The van der Waals surface area contributed by atoms with Gasteiger partial charge >= 0.3 is 0 Å². The maximum atomic E-state index is 5.18. The van der Waals surface area contributed by atoms with Crippen LogP contribution in [0.5, 0.6) is 5.75 Å². The zero-order chi connectivity index (χ0) is 14.7. The molecule has 2 aromatic carbocycles. The summed E-state index contributed by atoms with van der Waals surface area (Å²) in [6.45, 7) is 0. The summed E-state index contributed by atoms with van der Waals surface area (Å²) in [5.74, 6) is 1.57. The summed E-state index contributed by atoms with van der Waals surface area (Å²) in [6, 6.07) is 17.8. The second-order valence-corrected chi connectivity index (χ2v) is 5.36. The van der Waals surface area contributed by atoms with Gasteiger partial charge in [-0.15, -0.1) is 0 Å². The van der Waals surface area contributed by atoms with Gasteiger partial charge in [0.25, 0.3) is 0 Å². The second-order valence-electron chi connectivity index (χ2n) is 4.50. The Hall–Kier alpha value is -2.27. The molecule has 0 saturated carbocycles. The first-order chi connectivity index (χ1) is 10.3. The molecule has 2 N–H and O–H groups in total. The number of benzene rings is 2. The predicted molar refractivity (Wildman–Crippen MR) is 88.0 cm³/mol. The van der Waals surface area contributed by atoms with Gasteiger partial charge in [-0.3, -0.25) is 5.10 Å². The smallest absolute Gasteiger partial charge is 0.152 e. The standard InChI is InChI=1S/C16H14BrN3O/c1-21-12-7-8-14(13(17)9-12)18-16-10-15(19-20-16)11-5-3-2-4-6-11/h2-10H,1H3,(H2,18,19,20). The normalized spacial score (nSPS) is 10.4. The molecular formula is C16H14BrN3O. The van der Waals surface area contributed by atoms with Crippen LogP contribution in [0.15, 0.2) is 59.1 Å². The van der Waals surface area contributed by atoms with Crippen LogP contribution in [0.2, 0.25) is 0 Å². The Kier molecular flexibility index (Phi) is 3.92. The third kappa shape index (κ3) is 3.08. The SMILES string of the molecule is COc1ccc(Nc2cc(-c3ccccc3)[nH]n2)c(Br)c1. The van der Waals surface area contributed by atoms with Crippen molar-refractivity contribution in [2.45, 2.75) is 0 Å². The molecule has 0 aliphatic heterocycles. The van der Waals surface area contributed by atoms with E-state index in [4.69, 9.17) is 4.74 Å². The van der Waals surface area contributed by atoms with Gasteiger partial charge in [0, 0.05) is 10.5 Å². The van der Waals surface area contributed by atoms with Crippen LogP contribution in [0.3, 0.4) is 0 Å². The third-order valence-corrected chi connectivity index (χ3v) is 3.76. The van der Waals surface area contributed by atoms with E-state index in [2.05, 4.69) is 31.4 Å². The first kappa shape index (κ1) is 13.7. The largest absolute Gasteiger partial charge is 0.497 e. The molecule has 0 aliphatic rings. The lowest BCUT2D eigenvalue weighted by Gasteiger charge is -2.07. The highest BCUT2D eigenvalue weighted by atomic mass is 79.9. The van der Waals surface area contributed by atoms with Gasteiger partial charge in [-0.2, -0.15) is 5.10 Å². The van der Waals surface area contributed by atoms with Crippen molar-refractivity contribution in [1.29, 1.82) is 0 Å². The van der Waals surface area contributed by atoms with E-state index in [1.807, 2.05) is 54.6 Å². The van der Waals surface area contributed by atoms with Crippen LogP contribution in [0.4, 0.5) is 11.5 Å². The Morgan fingerprint density at radius 2 is 1.90 bits per heavy atom. The molecule has 1 heterocycles. The van der Waals surface area contributed by atoms with Crippen molar-refractivity contribution in [1.82, 2.24) is 10.2 Å². The van der Waals surface area contributed by atoms with Gasteiger partial charge in [-0.05, 0) is 39.7 Å². The predicted octanol–water partition coefficient (Wildman–Crippen LogP) is 4.59. The van der Waals surface area contributed by atoms with Crippen LogP contribution in [-0.2, 0) is 0 Å². The van der Waals surface area contributed by atoms with Crippen molar-refractivity contribution in [3.05, 3.63) is 59.1 Å². The van der Waals surface area contributed by atoms with E-state index in [0.29, 0.717) is 0 Å². The lowest BCUT2D eigenvalue weighted by molar-refractivity contribution is 0.414. The zero-order valence-electron chi connectivity index (χ0n) is 11.4. The lowest BCUT2D eigenvalue weighted by atomic mass is 10.1. The summed E-state index contributed by atoms with van der Waals surface area (Å²) < 4.78 is 6.10. The number of ether oxygens (including phenoxy) is 1. The van der Waals surface area contributed by atoms with E-state index in [-0.39, 0.29) is 0 Å². The maximum Gasteiger partial charge on any atom is 0.152 e. The Morgan fingerprint density at radius 3 is 2.62 bits per heavy atom. The summed E-state index contributed by atoms with van der Waals surface area (Å²) in [7, 11) is 1.65. The van der Waals surface area contributed by atoms with Crippen LogP contribution in [0.1, 0.15) is 0 Å². The summed E-state index contributed by atoms with van der Waals surface area (Å²) in [5, 5.41) is 10.6. The van der Waals surface area contributed by atoms with E-state index in [9.17, 15) is 0 Å². The summed E-state index contributed by atoms with van der Waals surface area (Å²) >= 11 is 3.52. The van der Waals surface area contributed by atoms with Crippen molar-refractivity contribution in [3.8, 4) is 17.0 Å². The zero-order valence-corrected chi connectivity index (χ0v) is 13.0. The second kappa shape index (κ2) is 6.01. The minimum Gasteiger partial charge on any atom is -0.497 e. The van der Waals surface area contributed by atoms with E-state index < -0.39 is 0 Å². The number of aromatic amines is 1. The number of methoxy groups -OCH3 is 1. The lowest BCUT2D eigenvalue weighted by Crippen LogP contribution is -1.92. The van der Waals surface area contributed by atoms with Crippen LogP contribution in [0, 0.1) is 0 Å². The highest BCUT2D eigenvalue weighted by Gasteiger charge is 2.06. The summed E-state index contributed by atoms with van der Waals surface area (Å²) in [6.07, 6.45) is 0. The molecule has 0 fully saturated rings. The number of aromatic nitrogens is 2. The van der Waals surface area contributed by atoms with Crippen LogP contribution >= 0.6 is 15.9 Å². The fourth-order valence-electron chi connectivity index (χ4n) is 2.01. The maximum absolute atomic E-state index is 5.18. The van der Waals surface area contributed by atoms with Gasteiger partial charge in [0.05, 0.1) is 18.5 Å². The first-order valence-corrected chi connectivity index (χ1v) is 7.27. The topological polar surface area (TPSA) is 49.9 Å². The number of nitrogens with one attached hydrogen (secondary N) is 2. The summed E-state index contributed by atoms with van der Waals surface area (Å²) in [4.78, 5) is 0. The van der Waals surface area contributed by atoms with Gasteiger partial charge in [0.15, 0.2) is 5.82 Å². The van der Waals surface area contributed by atoms with Gasteiger partial charge in [0.2, 0.25) is 0 Å². The molecule has 0 aliphatic carbocycles. The highest BCUT2D eigenvalue weighted by molar-refractivity contribution is 9.10. The number of hydrogen-bond acceptors (Lipinski definition) is 3. The molecule has 0 amide bonds. The van der Waals surface area contributed by atoms with Gasteiger partial charge in [-0.25, -0.2) is 0 Å². The number of hydrogen-bond donors (Lipinski definition) is 2. The van der Waals surface area contributed by atoms with Crippen LogP contribution < -0.4 is 10.1 Å². The Labute approximate surface area is 131 Å². The number of rotatable bonds is 4. The minimum absolute atomic E-state index is 0.764. The Balaban J connectivity index is 1.82. The van der Waals surface area contributed by atoms with Crippen molar-refractivity contribution in [2.75, 3.05) is 12.4 Å². The number of halogens is 1. The number of nitrogens with zero attached hydrogens (tertiary/aromatic N) is 1.